The molecule has 1 aliphatic rings. The van der Waals surface area contributed by atoms with Crippen LogP contribution in [0.3, 0.4) is 0 Å². The molecule has 1 aromatic rings. The number of halogens is 3. The van der Waals surface area contributed by atoms with E-state index in [1.54, 1.807) is 0 Å². The number of carboxylic acids is 1. The number of carbonyl (C=O) groups is 1. The summed E-state index contributed by atoms with van der Waals surface area (Å²) in [4.78, 5) is 8.78. The van der Waals surface area contributed by atoms with E-state index >= 15 is 0 Å². The maximum Gasteiger partial charge on any atom is 0.430 e. The fraction of sp³-hybridized carbons (Fsp3) is 0.429. The monoisotopic (exact) mass is 287 g/mol. The van der Waals surface area contributed by atoms with E-state index in [0.717, 1.165) is 6.54 Å². The molecule has 2 rings (SSSR count). The van der Waals surface area contributed by atoms with Gasteiger partial charge in [-0.05, 0) is 20.8 Å². The second kappa shape index (κ2) is 5.64. The zero-order valence-electron chi connectivity index (χ0n) is 11.5. The van der Waals surface area contributed by atoms with Gasteiger partial charge < -0.3 is 9.90 Å². The van der Waals surface area contributed by atoms with Crippen molar-refractivity contribution in [3.8, 4) is 0 Å². The highest BCUT2D eigenvalue weighted by molar-refractivity contribution is 5.76. The third-order valence-electron chi connectivity index (χ3n) is 2.96. The Morgan fingerprint density at radius 1 is 1.30 bits per heavy atom. The third kappa shape index (κ3) is 3.59. The van der Waals surface area contributed by atoms with E-state index in [0.29, 0.717) is 0 Å². The first-order valence-corrected chi connectivity index (χ1v) is 6.10. The molecule has 0 saturated carbocycles. The summed E-state index contributed by atoms with van der Waals surface area (Å²) < 4.78 is 33.9. The molecular weight excluding hydrogens is 271 g/mol. The Labute approximate surface area is 115 Å². The molecule has 1 aliphatic heterocycles. The summed E-state index contributed by atoms with van der Waals surface area (Å²) >= 11 is 0. The minimum atomic E-state index is -5.19. The molecule has 0 aliphatic carbocycles. The van der Waals surface area contributed by atoms with Crippen molar-refractivity contribution < 1.29 is 27.6 Å². The Kier molecular flexibility index (Phi) is 4.57. The molecule has 0 radical (unpaired) electrons. The van der Waals surface area contributed by atoms with Gasteiger partial charge in [0.05, 0.1) is 5.41 Å². The van der Waals surface area contributed by atoms with Crippen molar-refractivity contribution in [2.45, 2.75) is 32.4 Å². The maximum atomic E-state index is 10.5. The van der Waals surface area contributed by atoms with Crippen molar-refractivity contribution in [1.82, 2.24) is 0 Å². The lowest BCUT2D eigenvalue weighted by atomic mass is 9.87. The average molecular weight is 287 g/mol. The van der Waals surface area contributed by atoms with Crippen LogP contribution < -0.4 is 5.11 Å². The van der Waals surface area contributed by atoms with Crippen LogP contribution in [0.25, 0.3) is 0 Å². The minimum absolute atomic E-state index is 0.201. The number of fused-ring (bicyclic) bond motifs is 1. The number of alkyl halides is 3. The Morgan fingerprint density at radius 3 is 2.25 bits per heavy atom. The number of aliphatic carboxylic acids is 1. The molecule has 1 heterocycles. The van der Waals surface area contributed by atoms with Gasteiger partial charge in [0.15, 0.2) is 6.21 Å². The lowest BCUT2D eigenvalue weighted by Crippen LogP contribution is -2.37. The summed E-state index contributed by atoms with van der Waals surface area (Å²) in [7, 11) is 0. The summed E-state index contributed by atoms with van der Waals surface area (Å²) in [6.07, 6.45) is -2.88. The van der Waals surface area contributed by atoms with E-state index in [1.807, 2.05) is 0 Å². The van der Waals surface area contributed by atoms with Crippen LogP contribution in [-0.2, 0) is 10.2 Å². The fourth-order valence-electron chi connectivity index (χ4n) is 2.06. The summed E-state index contributed by atoms with van der Waals surface area (Å²) in [6.45, 7) is 7.78. The second-order valence-corrected chi connectivity index (χ2v) is 4.94. The molecule has 1 aromatic carbocycles. The number of hydrogen-bond donors (Lipinski definition) is 0. The van der Waals surface area contributed by atoms with Crippen molar-refractivity contribution in [3.05, 3.63) is 29.8 Å². The molecule has 0 fully saturated rings. The molecule has 0 saturated heterocycles. The molecule has 20 heavy (non-hydrogen) atoms. The largest absolute Gasteiger partial charge is 0.542 e. The lowest BCUT2D eigenvalue weighted by molar-refractivity contribution is -0.428. The van der Waals surface area contributed by atoms with Gasteiger partial charge in [0.25, 0.3) is 0 Å². The Bertz CT molecular complexity index is 533. The molecule has 0 atom stereocenters. The van der Waals surface area contributed by atoms with Crippen LogP contribution in [0.15, 0.2) is 24.3 Å². The smallest absolute Gasteiger partial charge is 0.430 e. The van der Waals surface area contributed by atoms with Crippen LogP contribution >= 0.6 is 0 Å². The molecule has 0 amide bonds. The number of hydrogen-bond acceptors (Lipinski definition) is 2. The zero-order valence-corrected chi connectivity index (χ0v) is 11.5. The highest BCUT2D eigenvalue weighted by Crippen LogP contribution is 2.35. The SMILES string of the molecule is CC[N+]1=CC(C)(C)c2ccccc21.O=C([O-])C(F)(F)F. The molecule has 0 aromatic heterocycles. The first kappa shape index (κ1) is 16.2. The summed E-state index contributed by atoms with van der Waals surface area (Å²) in [5.74, 6) is -3.01. The van der Waals surface area contributed by atoms with Gasteiger partial charge in [0, 0.05) is 11.6 Å². The first-order valence-electron chi connectivity index (χ1n) is 6.10. The van der Waals surface area contributed by atoms with Crippen molar-refractivity contribution in [1.29, 1.82) is 0 Å². The van der Waals surface area contributed by atoms with Crippen LogP contribution in [0.2, 0.25) is 0 Å². The molecular formula is C14H16F3NO2. The Morgan fingerprint density at radius 2 is 1.80 bits per heavy atom. The quantitative estimate of drug-likeness (QED) is 0.742. The predicted octanol–water partition coefficient (Wildman–Crippen LogP) is 2.01. The predicted molar refractivity (Wildman–Crippen MR) is 67.1 cm³/mol. The summed E-state index contributed by atoms with van der Waals surface area (Å²) in [5.41, 5.74) is 3.01. The molecule has 3 nitrogen and oxygen atoms in total. The lowest BCUT2D eigenvalue weighted by Gasteiger charge is -2.09. The molecule has 110 valence electrons. The highest BCUT2D eigenvalue weighted by atomic mass is 19.4. The molecule has 0 bridgehead atoms. The van der Waals surface area contributed by atoms with E-state index < -0.39 is 12.1 Å². The number of nitrogens with zero attached hydrogens (tertiary/aromatic N) is 1. The van der Waals surface area contributed by atoms with Crippen molar-refractivity contribution in [2.75, 3.05) is 6.54 Å². The first-order chi connectivity index (χ1) is 9.09. The van der Waals surface area contributed by atoms with Gasteiger partial charge in [-0.3, -0.25) is 0 Å². The van der Waals surface area contributed by atoms with Crippen molar-refractivity contribution in [3.63, 3.8) is 0 Å². The normalized spacial score (nSPS) is 15.8. The molecule has 6 heteroatoms. The number of carboxylic acid groups (broad SMARTS) is 1. The number of rotatable bonds is 1. The fourth-order valence-corrected chi connectivity index (χ4v) is 2.06. The van der Waals surface area contributed by atoms with E-state index in [4.69, 9.17) is 9.90 Å². The highest BCUT2D eigenvalue weighted by Gasteiger charge is 2.35. The minimum Gasteiger partial charge on any atom is -0.542 e. The van der Waals surface area contributed by atoms with Gasteiger partial charge in [-0.15, -0.1) is 0 Å². The van der Waals surface area contributed by atoms with Gasteiger partial charge in [0.1, 0.15) is 12.5 Å². The van der Waals surface area contributed by atoms with Gasteiger partial charge >= 0.3 is 6.18 Å². The van der Waals surface area contributed by atoms with E-state index in [-0.39, 0.29) is 5.41 Å². The van der Waals surface area contributed by atoms with Gasteiger partial charge in [-0.1, -0.05) is 18.2 Å². The Hall–Kier alpha value is -1.85. The van der Waals surface area contributed by atoms with Crippen molar-refractivity contribution >= 4 is 17.9 Å². The van der Waals surface area contributed by atoms with Crippen LogP contribution in [0.1, 0.15) is 26.3 Å². The summed E-state index contributed by atoms with van der Waals surface area (Å²) in [6, 6.07) is 8.65. The van der Waals surface area contributed by atoms with E-state index in [1.165, 1.54) is 11.3 Å². The molecule has 0 N–H and O–H groups in total. The van der Waals surface area contributed by atoms with E-state index in [2.05, 4.69) is 55.8 Å². The second-order valence-electron chi connectivity index (χ2n) is 4.94. The average Bonchev–Trinajstić information content (AvgIpc) is 2.61. The number of benzene rings is 1. The summed E-state index contributed by atoms with van der Waals surface area (Å²) in [5, 5.41) is 8.78. The third-order valence-corrected chi connectivity index (χ3v) is 2.96. The van der Waals surface area contributed by atoms with Gasteiger partial charge in [-0.25, -0.2) is 4.58 Å². The van der Waals surface area contributed by atoms with Crippen molar-refractivity contribution in [2.24, 2.45) is 0 Å². The maximum absolute atomic E-state index is 10.5. The standard InChI is InChI=1S/C12H16N.C2HF3O2/c1-4-13-9-12(2,3)10-7-5-6-8-11(10)13;3-2(4,5)1(6)7/h5-9H,4H2,1-3H3;(H,6,7)/q+1;/p-1. The van der Waals surface area contributed by atoms with E-state index in [9.17, 15) is 13.2 Å². The number of carbonyl (C=O) groups excluding carboxylic acids is 1. The molecule has 0 unspecified atom stereocenters. The van der Waals surface area contributed by atoms with Gasteiger partial charge in [-0.2, -0.15) is 13.2 Å². The Balaban J connectivity index is 0.000000246. The van der Waals surface area contributed by atoms with Crippen LogP contribution in [0.5, 0.6) is 0 Å². The zero-order chi connectivity index (χ0) is 15.6. The van der Waals surface area contributed by atoms with Gasteiger partial charge in [0.2, 0.25) is 5.69 Å². The molecule has 0 spiro atoms. The van der Waals surface area contributed by atoms with Crippen LogP contribution in [-0.4, -0.2) is 29.5 Å². The number of para-hydroxylation sites is 1. The van der Waals surface area contributed by atoms with Crippen LogP contribution in [0.4, 0.5) is 18.9 Å². The topological polar surface area (TPSA) is 43.1 Å². The van der Waals surface area contributed by atoms with Crippen LogP contribution in [0, 0.1) is 0 Å².